The number of esters is 3. The first-order valence-electron chi connectivity index (χ1n) is 49.7. The molecule has 0 spiro atoms. The van der Waals surface area contributed by atoms with Crippen LogP contribution in [0.3, 0.4) is 0 Å². The number of carbonyl (C=O) groups excluding carboxylic acids is 13. The Hall–Kier alpha value is -13.0. The maximum Gasteiger partial charge on any atom is 0.526 e. The number of H-pyrrole nitrogens is 1. The number of carboxylic acid groups (broad SMARTS) is 2. The Kier molecular flexibility index (Phi) is 51.0. The topological polar surface area (TPSA) is 711 Å². The lowest BCUT2D eigenvalue weighted by atomic mass is 9.64. The van der Waals surface area contributed by atoms with Crippen molar-refractivity contribution in [3.63, 3.8) is 0 Å². The fourth-order valence-electron chi connectivity index (χ4n) is 16.8. The lowest BCUT2D eigenvalue weighted by Crippen LogP contribution is -2.38. The number of nitrogens with one attached hydrogen (secondary N) is 5. The molecule has 7 aromatic rings. The van der Waals surface area contributed by atoms with Crippen molar-refractivity contribution in [2.75, 3.05) is 83.9 Å². The van der Waals surface area contributed by atoms with E-state index in [-0.39, 0.29) is 218 Å². The van der Waals surface area contributed by atoms with Gasteiger partial charge in [-0.25, -0.2) is 28.5 Å². The van der Waals surface area contributed by atoms with E-state index in [0.717, 1.165) is 82.5 Å². The first kappa shape index (κ1) is 122. The number of alkyl halides is 2. The van der Waals surface area contributed by atoms with E-state index in [4.69, 9.17) is 68.8 Å². The number of hydrogen-bond donors (Lipinski definition) is 10. The van der Waals surface area contributed by atoms with Crippen LogP contribution in [0.1, 0.15) is 232 Å². The summed E-state index contributed by atoms with van der Waals surface area (Å²) in [7, 11) is -2.61. The van der Waals surface area contributed by atoms with Gasteiger partial charge in [0.15, 0.2) is 40.7 Å². The number of fused-ring (bicyclic) bond motifs is 2. The summed E-state index contributed by atoms with van der Waals surface area (Å²) in [5.74, 6) is -2.13. The van der Waals surface area contributed by atoms with Crippen molar-refractivity contribution in [3.05, 3.63) is 87.8 Å². The molecule has 0 bridgehead atoms. The minimum Gasteiger partial charge on any atom is -0.535 e. The normalized spacial score (nSPS) is 17.9. The van der Waals surface area contributed by atoms with Crippen LogP contribution in [0.2, 0.25) is 11.6 Å². The number of tetrazole rings is 5. The van der Waals surface area contributed by atoms with Crippen molar-refractivity contribution in [2.45, 2.75) is 284 Å². The number of carboxylic acids is 2. The molecule has 2 saturated carbocycles. The van der Waals surface area contributed by atoms with Crippen LogP contribution in [-0.4, -0.2) is 347 Å². The molecule has 6 atom stereocenters. The van der Waals surface area contributed by atoms with Crippen LogP contribution < -0.4 is 36.3 Å². The summed E-state index contributed by atoms with van der Waals surface area (Å²) < 4.78 is 38.4. The third-order valence-corrected chi connectivity index (χ3v) is 24.5. The maximum atomic E-state index is 12.6. The predicted molar refractivity (Wildman–Crippen MR) is 532 cm³/mol. The number of nitrogens with two attached hydrogens (primary N) is 1. The molecule has 150 heavy (non-hydrogen) atoms. The number of hydrogen-bond acceptors (Lipinski definition) is 42. The Morgan fingerprint density at radius 1 is 0.487 bits per heavy atom. The molecule has 0 unspecified atom stereocenters. The van der Waals surface area contributed by atoms with Gasteiger partial charge in [0.05, 0.1) is 55.5 Å². The van der Waals surface area contributed by atoms with Gasteiger partial charge in [0.2, 0.25) is 17.1 Å². The Morgan fingerprint density at radius 3 is 1.37 bits per heavy atom. The molecule has 820 valence electrons. The second-order valence-electron chi connectivity index (χ2n) is 38.5. The fraction of sp³-hybridized carbons (Fsp3) is 0.652. The minimum absolute atomic E-state index is 0.00160. The van der Waals surface area contributed by atoms with Crippen LogP contribution in [-0.2, 0) is 148 Å². The third kappa shape index (κ3) is 44.7. The van der Waals surface area contributed by atoms with Crippen LogP contribution in [0.5, 0.6) is 11.5 Å². The van der Waals surface area contributed by atoms with Crippen LogP contribution in [0.25, 0.3) is 0 Å². The number of halogens is 3. The molecule has 6 fully saturated rings. The number of amides is 4. The van der Waals surface area contributed by atoms with Gasteiger partial charge in [0.25, 0.3) is 0 Å². The smallest absolute Gasteiger partial charge is 0.526 e. The molecule has 8 aliphatic rings. The largest absolute Gasteiger partial charge is 0.535 e. The summed E-state index contributed by atoms with van der Waals surface area (Å²) in [6.07, 6.45) is 14.6. The van der Waals surface area contributed by atoms with Crippen molar-refractivity contribution in [2.24, 2.45) is 23.5 Å². The predicted octanol–water partition coefficient (Wildman–Crippen LogP) is 3.22. The van der Waals surface area contributed by atoms with Gasteiger partial charge >= 0.3 is 56.3 Å². The maximum absolute atomic E-state index is 12.6. The molecule has 15 rings (SSSR count). The fourth-order valence-corrected chi connectivity index (χ4v) is 16.9. The summed E-state index contributed by atoms with van der Waals surface area (Å²) in [6.45, 7) is 22.8. The van der Waals surface area contributed by atoms with Crippen molar-refractivity contribution in [1.29, 1.82) is 0 Å². The second kappa shape index (κ2) is 62.6. The first-order valence-corrected chi connectivity index (χ1v) is 51.1. The Bertz CT molecular complexity index is 5570. The van der Waals surface area contributed by atoms with Crippen molar-refractivity contribution < 1.29 is 125 Å². The molecule has 5 aromatic heterocycles. The van der Waals surface area contributed by atoms with Gasteiger partial charge in [0, 0.05) is 101 Å². The number of likely N-dealkylation sites (tertiary alicyclic amines) is 2. The molecule has 11 N–H and O–H groups in total. The quantitative estimate of drug-likeness (QED) is 0.00878. The molecule has 4 saturated heterocycles. The number of ketones is 5. The van der Waals surface area contributed by atoms with Gasteiger partial charge in [-0.05, 0) is 198 Å². The van der Waals surface area contributed by atoms with Gasteiger partial charge in [-0.1, -0.05) is 80.8 Å². The number of aromatic nitrogens is 20. The number of benzene rings is 2. The zero-order valence-corrected chi connectivity index (χ0v) is 87.9. The van der Waals surface area contributed by atoms with E-state index in [1.807, 2.05) is 41.5 Å². The van der Waals surface area contributed by atoms with E-state index in [1.165, 1.54) is 64.8 Å². The van der Waals surface area contributed by atoms with E-state index in [0.29, 0.717) is 93.1 Å². The average molecular weight is 2160 g/mol. The number of aromatic carboxylic acids is 2. The molecule has 58 heteroatoms. The highest BCUT2D eigenvalue weighted by Gasteiger charge is 2.41. The summed E-state index contributed by atoms with van der Waals surface area (Å²) >= 11 is 14.9. The summed E-state index contributed by atoms with van der Waals surface area (Å²) in [5, 5.41) is 109. The molecule has 11 heterocycles. The standard InChI is InChI=1S/2C19H23BN6O6.C17H27N5O5.C13H20N4O3.C9H18N2O2.C8H13ClO.C5H8N4O2.C2H2Cl2O/c27-14(7-12-6-11-2-1-3-15(19(29)30)18(11)32-20(12)31)8-16-23-24-25-26(16)10-17(28)22-13-4-5-21-9-13;27-14(7-12-6-11-2-1-3-15(19(29)30)18(11)32-20(12)31)8-16-23-25-26(24-16)10-17(28)22-13-4-5-21-9-13;1-5-26-15(24)9-14-18-20-22(19-14)11-13(23)8-12-6-7-21(10-12)16(25)27-17(2,3)4;1-2-20-13(19)8-12-14-15-16-17(12)9-11(18)7-10-5-3-4-6-10;1-9(2,3)13-8(12)11-5-4-7(10)6-11;9-6-8(10)5-7-3-1-2-4-7;1-2-11-5(10)3-4-6-8-9-7-4;3-1-2(4)5/h2*1-3,12-13,21,31H,4-10H2,(H,22,28)(H,29,30);12H,5-11H2,1-4H3;10H,2-9H2,1H3;7H,4-6,10H2,1-3H3;7H,1-6H2;2-3H2,1H3,(H,6,7,8,9);1H2/t2*12-,13+;12-;;7-;;;/m111.0.../s1. The highest BCUT2D eigenvalue weighted by molar-refractivity contribution is 6.67. The Balaban J connectivity index is 0.000000219. The zero-order chi connectivity index (χ0) is 110. The highest BCUT2D eigenvalue weighted by atomic mass is 35.5. The van der Waals surface area contributed by atoms with E-state index in [1.54, 1.807) is 54.8 Å². The molecule has 2 aliphatic carbocycles. The molecular weight excluding hydrogens is 2030 g/mol. The van der Waals surface area contributed by atoms with Crippen molar-refractivity contribution in [1.82, 2.24) is 133 Å². The summed E-state index contributed by atoms with van der Waals surface area (Å²) in [6, 6.07) is 9.71. The first-order chi connectivity index (χ1) is 71.4. The molecule has 0 radical (unpaired) electrons. The zero-order valence-electron chi connectivity index (χ0n) is 85.6. The number of Topliss-reactive ketones (excluding diaryl/α,β-unsaturated/α-hetero) is 5. The third-order valence-electron chi connectivity index (χ3n) is 23.6. The van der Waals surface area contributed by atoms with E-state index in [2.05, 4.69) is 109 Å². The highest BCUT2D eigenvalue weighted by Crippen LogP contribution is 2.39. The van der Waals surface area contributed by atoms with Gasteiger partial charge in [-0.3, -0.25) is 52.7 Å². The van der Waals surface area contributed by atoms with Crippen LogP contribution >= 0.6 is 34.8 Å². The summed E-state index contributed by atoms with van der Waals surface area (Å²) in [5.41, 5.74) is 5.92. The van der Waals surface area contributed by atoms with E-state index < -0.39 is 60.2 Å². The lowest BCUT2D eigenvalue weighted by Gasteiger charge is -2.27. The molecule has 6 aliphatic heterocycles. The molecule has 2 aromatic carbocycles. The number of rotatable bonds is 37. The van der Waals surface area contributed by atoms with Crippen LogP contribution in [0, 0.1) is 17.8 Å². The van der Waals surface area contributed by atoms with E-state index in [9.17, 15) is 92.2 Å². The molecular formula is C92H134B2Cl3N27O26. The second-order valence-corrected chi connectivity index (χ2v) is 39.4. The van der Waals surface area contributed by atoms with Crippen LogP contribution in [0.4, 0.5) is 9.59 Å². The average Bonchev–Trinajstić information content (AvgIpc) is 1.49. The van der Waals surface area contributed by atoms with Crippen molar-refractivity contribution in [3.8, 4) is 11.5 Å². The van der Waals surface area contributed by atoms with Gasteiger partial charge < -0.3 is 90.1 Å². The Labute approximate surface area is 880 Å². The van der Waals surface area contributed by atoms with Crippen LogP contribution in [0.15, 0.2) is 36.4 Å². The van der Waals surface area contributed by atoms with Gasteiger partial charge in [-0.15, -0.1) is 64.0 Å². The van der Waals surface area contributed by atoms with Crippen molar-refractivity contribution >= 4 is 137 Å². The van der Waals surface area contributed by atoms with Gasteiger partial charge in [-0.2, -0.15) is 14.8 Å². The number of carbonyl (C=O) groups is 15. The minimum atomic E-state index is -1.31. The monoisotopic (exact) mass is 2160 g/mol. The number of nitrogens with zero attached hydrogens (tertiary/aromatic N) is 21. The number of para-hydroxylation sites is 2. The lowest BCUT2D eigenvalue weighted by molar-refractivity contribution is -0.143. The van der Waals surface area contributed by atoms with E-state index >= 15 is 0 Å². The molecule has 4 amide bonds. The Morgan fingerprint density at radius 2 is 0.920 bits per heavy atom. The SMILES string of the molecule is CC(C)(C)OC(=O)N1CC[C@H](N)C1.CCOC(=O)Cc1nn[nH]n1.CCOC(=O)Cc1nnn(CC(=O)C[C@H]2CCN(C(=O)OC(C)(C)C)C2)n1.CCOC(=O)Cc1nnnn1CC(=O)CC1CCCC1.O=C(CCl)CC1CCCC1.O=C(Cc1nnn(CC(=O)N[C@H]2CCNC2)n1)C[C@H]1Cc2cccc(C(=O)O)c2OB1O.O=C(Cc1nnnn1CC(=O)N[C@H]1CCNC1)C[C@H]1Cc2cccc(C(=O)O)c2OB1O.O=C(Cl)CCl. The van der Waals surface area contributed by atoms with Gasteiger partial charge in [0.1, 0.15) is 85.5 Å². The number of aromatic amines is 1. The summed E-state index contributed by atoms with van der Waals surface area (Å²) in [4.78, 5) is 179. The number of ether oxygens (including phenoxy) is 5. The molecule has 53 nitrogen and oxygen atoms in total.